The van der Waals surface area contributed by atoms with Gasteiger partial charge in [0.25, 0.3) is 0 Å². The summed E-state index contributed by atoms with van der Waals surface area (Å²) in [5.74, 6) is 8.16. The third-order valence-corrected chi connectivity index (χ3v) is 2.17. The minimum atomic E-state index is 0.515. The van der Waals surface area contributed by atoms with E-state index >= 15 is 0 Å². The minimum absolute atomic E-state index is 0.515. The van der Waals surface area contributed by atoms with Crippen LogP contribution in [0.25, 0.3) is 0 Å². The van der Waals surface area contributed by atoms with Gasteiger partial charge in [-0.2, -0.15) is 0 Å². The summed E-state index contributed by atoms with van der Waals surface area (Å²) in [7, 11) is 3.82. The maximum Gasteiger partial charge on any atom is 0.146 e. The summed E-state index contributed by atoms with van der Waals surface area (Å²) in [5, 5.41) is 1.83. The maximum atomic E-state index is 5.36. The summed E-state index contributed by atoms with van der Waals surface area (Å²) < 4.78 is 0. The second kappa shape index (κ2) is 4.00. The van der Waals surface area contributed by atoms with Crippen LogP contribution < -0.4 is 16.7 Å². The van der Waals surface area contributed by atoms with Crippen LogP contribution in [0.15, 0.2) is 6.07 Å². The van der Waals surface area contributed by atoms with Crippen LogP contribution >= 0.6 is 0 Å². The SMILES string of the molecule is CN(C)Nc1cc(NN)nc(C2CC2)n1. The number of nitrogens with zero attached hydrogens (tertiary/aromatic N) is 3. The summed E-state index contributed by atoms with van der Waals surface area (Å²) >= 11 is 0. The summed E-state index contributed by atoms with van der Waals surface area (Å²) in [5.41, 5.74) is 5.64. The standard InChI is InChI=1S/C9H16N6/c1-15(2)14-8-5-7(13-10)11-9(12-8)6-3-4-6/h5-6H,3-4,10H2,1-2H3,(H2,11,12,13,14). The van der Waals surface area contributed by atoms with Gasteiger partial charge in [0.2, 0.25) is 0 Å². The maximum absolute atomic E-state index is 5.36. The highest BCUT2D eigenvalue weighted by Crippen LogP contribution is 2.38. The third-order valence-electron chi connectivity index (χ3n) is 2.17. The molecule has 4 N–H and O–H groups in total. The smallest absolute Gasteiger partial charge is 0.146 e. The molecule has 6 heteroatoms. The van der Waals surface area contributed by atoms with E-state index in [-0.39, 0.29) is 0 Å². The van der Waals surface area contributed by atoms with Crippen LogP contribution in [0.3, 0.4) is 0 Å². The van der Waals surface area contributed by atoms with Crippen LogP contribution in [0.4, 0.5) is 11.6 Å². The fourth-order valence-electron chi connectivity index (χ4n) is 1.35. The Morgan fingerprint density at radius 3 is 2.53 bits per heavy atom. The first-order chi connectivity index (χ1) is 7.19. The van der Waals surface area contributed by atoms with Gasteiger partial charge in [0.1, 0.15) is 17.5 Å². The van der Waals surface area contributed by atoms with Gasteiger partial charge in [-0.1, -0.05) is 0 Å². The predicted molar refractivity (Wildman–Crippen MR) is 59.1 cm³/mol. The topological polar surface area (TPSA) is 79.1 Å². The molecule has 1 aromatic heterocycles. The van der Waals surface area contributed by atoms with Crippen LogP contribution in [0.1, 0.15) is 24.6 Å². The number of hydrogen-bond acceptors (Lipinski definition) is 6. The van der Waals surface area contributed by atoms with Gasteiger partial charge in [0, 0.05) is 26.1 Å². The van der Waals surface area contributed by atoms with Gasteiger partial charge in [-0.25, -0.2) is 20.8 Å². The lowest BCUT2D eigenvalue weighted by molar-refractivity contribution is 0.491. The molecular formula is C9H16N6. The van der Waals surface area contributed by atoms with Gasteiger partial charge < -0.3 is 10.9 Å². The first kappa shape index (κ1) is 10.1. The Balaban J connectivity index is 2.24. The first-order valence-electron chi connectivity index (χ1n) is 4.98. The van der Waals surface area contributed by atoms with E-state index in [1.807, 2.05) is 19.1 Å². The fourth-order valence-corrected chi connectivity index (χ4v) is 1.35. The Morgan fingerprint density at radius 2 is 2.00 bits per heavy atom. The van der Waals surface area contributed by atoms with Crippen LogP contribution in [-0.4, -0.2) is 29.1 Å². The highest BCUT2D eigenvalue weighted by Gasteiger charge is 2.27. The summed E-state index contributed by atoms with van der Waals surface area (Å²) in [6.07, 6.45) is 2.35. The van der Waals surface area contributed by atoms with E-state index in [2.05, 4.69) is 20.8 Å². The molecule has 1 aliphatic rings. The molecule has 1 fully saturated rings. The predicted octanol–water partition coefficient (Wildman–Crippen LogP) is 0.528. The third kappa shape index (κ3) is 2.54. The molecule has 1 aliphatic carbocycles. The Kier molecular flexibility index (Phi) is 2.70. The lowest BCUT2D eigenvalue weighted by atomic mass is 10.4. The minimum Gasteiger partial charge on any atom is -0.308 e. The van der Waals surface area contributed by atoms with Gasteiger partial charge in [-0.3, -0.25) is 0 Å². The van der Waals surface area contributed by atoms with E-state index < -0.39 is 0 Å². The van der Waals surface area contributed by atoms with Crippen LogP contribution in [-0.2, 0) is 0 Å². The van der Waals surface area contributed by atoms with Crippen molar-refractivity contribution in [2.75, 3.05) is 24.9 Å². The zero-order valence-electron chi connectivity index (χ0n) is 8.99. The van der Waals surface area contributed by atoms with E-state index in [1.165, 1.54) is 12.8 Å². The number of nitrogen functional groups attached to an aromatic ring is 1. The normalized spacial score (nSPS) is 15.5. The van der Waals surface area contributed by atoms with Crippen molar-refractivity contribution in [1.82, 2.24) is 15.0 Å². The first-order valence-corrected chi connectivity index (χ1v) is 4.98. The molecule has 6 nitrogen and oxygen atoms in total. The Labute approximate surface area is 88.8 Å². The van der Waals surface area contributed by atoms with E-state index in [4.69, 9.17) is 5.84 Å². The second-order valence-electron chi connectivity index (χ2n) is 3.92. The molecule has 0 aliphatic heterocycles. The highest BCUT2D eigenvalue weighted by molar-refractivity contribution is 5.46. The highest BCUT2D eigenvalue weighted by atomic mass is 15.5. The Bertz CT molecular complexity index is 346. The molecule has 0 atom stereocenters. The van der Waals surface area contributed by atoms with Gasteiger partial charge in [0.15, 0.2) is 0 Å². The van der Waals surface area contributed by atoms with Crippen molar-refractivity contribution in [3.05, 3.63) is 11.9 Å². The van der Waals surface area contributed by atoms with Crippen LogP contribution in [0.5, 0.6) is 0 Å². The number of nitrogens with two attached hydrogens (primary N) is 1. The van der Waals surface area contributed by atoms with Gasteiger partial charge in [0.05, 0.1) is 0 Å². The monoisotopic (exact) mass is 208 g/mol. The lowest BCUT2D eigenvalue weighted by Gasteiger charge is -2.14. The molecule has 0 aromatic carbocycles. The number of nitrogens with one attached hydrogen (secondary N) is 2. The summed E-state index contributed by atoms with van der Waals surface area (Å²) in [6, 6.07) is 1.78. The van der Waals surface area contributed by atoms with Gasteiger partial charge >= 0.3 is 0 Å². The van der Waals surface area contributed by atoms with Crippen molar-refractivity contribution >= 4 is 11.6 Å². The average molecular weight is 208 g/mol. The van der Waals surface area contributed by atoms with Crippen LogP contribution in [0.2, 0.25) is 0 Å². The van der Waals surface area contributed by atoms with Crippen molar-refractivity contribution < 1.29 is 0 Å². The van der Waals surface area contributed by atoms with Crippen LogP contribution in [0, 0.1) is 0 Å². The molecule has 1 aromatic rings. The number of aromatic nitrogens is 2. The summed E-state index contributed by atoms with van der Waals surface area (Å²) in [6.45, 7) is 0. The molecule has 82 valence electrons. The second-order valence-corrected chi connectivity index (χ2v) is 3.92. The van der Waals surface area contributed by atoms with Crippen molar-refractivity contribution in [1.29, 1.82) is 0 Å². The Morgan fingerprint density at radius 1 is 1.33 bits per heavy atom. The zero-order valence-corrected chi connectivity index (χ0v) is 8.99. The Hall–Kier alpha value is -1.40. The molecule has 0 radical (unpaired) electrons. The van der Waals surface area contributed by atoms with Gasteiger partial charge in [-0.15, -0.1) is 0 Å². The number of rotatable bonds is 4. The summed E-state index contributed by atoms with van der Waals surface area (Å²) in [4.78, 5) is 8.74. The van der Waals surface area contributed by atoms with Crippen molar-refractivity contribution in [2.45, 2.75) is 18.8 Å². The largest absolute Gasteiger partial charge is 0.308 e. The molecule has 0 amide bonds. The van der Waals surface area contributed by atoms with Gasteiger partial charge in [-0.05, 0) is 12.8 Å². The van der Waals surface area contributed by atoms with Crippen molar-refractivity contribution in [3.8, 4) is 0 Å². The van der Waals surface area contributed by atoms with E-state index in [9.17, 15) is 0 Å². The molecular weight excluding hydrogens is 192 g/mol. The fraction of sp³-hybridized carbons (Fsp3) is 0.556. The quantitative estimate of drug-likeness (QED) is 0.495. The van der Waals surface area contributed by atoms with E-state index in [0.29, 0.717) is 11.7 Å². The van der Waals surface area contributed by atoms with E-state index in [1.54, 1.807) is 6.07 Å². The number of hydrazine groups is 2. The molecule has 0 spiro atoms. The van der Waals surface area contributed by atoms with Crippen molar-refractivity contribution in [2.24, 2.45) is 5.84 Å². The molecule has 0 unspecified atom stereocenters. The molecule has 2 rings (SSSR count). The molecule has 1 heterocycles. The molecule has 0 bridgehead atoms. The van der Waals surface area contributed by atoms with Crippen molar-refractivity contribution in [3.63, 3.8) is 0 Å². The molecule has 1 saturated carbocycles. The molecule has 0 saturated heterocycles. The number of hydrogen-bond donors (Lipinski definition) is 3. The average Bonchev–Trinajstić information content (AvgIpc) is 2.99. The molecule has 15 heavy (non-hydrogen) atoms. The lowest BCUT2D eigenvalue weighted by Crippen LogP contribution is -2.21. The zero-order chi connectivity index (χ0) is 10.8. The van der Waals surface area contributed by atoms with E-state index in [0.717, 1.165) is 11.6 Å². The number of anilines is 2.